The predicted octanol–water partition coefficient (Wildman–Crippen LogP) is 2.92. The molecular formula is C22H21F3N2O6S. The number of alkyl halides is 3. The zero-order valence-electron chi connectivity index (χ0n) is 17.7. The summed E-state index contributed by atoms with van der Waals surface area (Å²) in [5.41, 5.74) is -0.537. The van der Waals surface area contributed by atoms with E-state index in [9.17, 15) is 31.2 Å². The summed E-state index contributed by atoms with van der Waals surface area (Å²) < 4.78 is 74.9. The zero-order chi connectivity index (χ0) is 24.8. The molecule has 0 unspecified atom stereocenters. The van der Waals surface area contributed by atoms with Gasteiger partial charge in [0.2, 0.25) is 10.0 Å². The second-order valence-corrected chi connectivity index (χ2v) is 9.09. The van der Waals surface area contributed by atoms with Gasteiger partial charge in [-0.15, -0.1) is 0 Å². The second-order valence-electron chi connectivity index (χ2n) is 7.16. The third-order valence-electron chi connectivity index (χ3n) is 4.70. The minimum absolute atomic E-state index is 0.00628. The van der Waals surface area contributed by atoms with Crippen LogP contribution in [0.5, 0.6) is 0 Å². The molecule has 12 heteroatoms. The summed E-state index contributed by atoms with van der Waals surface area (Å²) in [6.45, 7) is 0.366. The fraction of sp³-hybridized carbons (Fsp3) is 0.273. The van der Waals surface area contributed by atoms with Crippen molar-refractivity contribution in [3.05, 3.63) is 65.7 Å². The number of hydrogen-bond acceptors (Lipinski definition) is 6. The van der Waals surface area contributed by atoms with Crippen molar-refractivity contribution in [2.45, 2.75) is 11.1 Å². The molecule has 0 atom stereocenters. The van der Waals surface area contributed by atoms with E-state index in [2.05, 4.69) is 5.32 Å². The van der Waals surface area contributed by atoms with Crippen LogP contribution < -0.4 is 5.32 Å². The largest absolute Gasteiger partial charge is 0.452 e. The number of hydrogen-bond donors (Lipinski definition) is 1. The molecule has 2 aromatic carbocycles. The molecule has 0 aliphatic carbocycles. The Balaban J connectivity index is 1.55. The molecule has 1 amide bonds. The monoisotopic (exact) mass is 498 g/mol. The Bertz CT molecular complexity index is 1180. The Labute approximate surface area is 194 Å². The van der Waals surface area contributed by atoms with E-state index < -0.39 is 40.2 Å². The number of morpholine rings is 1. The van der Waals surface area contributed by atoms with E-state index in [1.165, 1.54) is 40.7 Å². The molecule has 1 saturated heterocycles. The number of anilines is 1. The number of ether oxygens (including phenoxy) is 2. The molecule has 2 aromatic rings. The molecule has 1 aliphatic heterocycles. The standard InChI is InChI=1S/C22H21F3N2O6S/c23-22(24,25)17-4-1-3-16(13-17)7-8-21(29)33-15-20(28)26-18-5-2-6-19(14-18)34(30,31)27-9-11-32-12-10-27/h1-8,13-14H,9-12,15H2,(H,26,28)/b8-7+. The van der Waals surface area contributed by atoms with Crippen LogP contribution in [0.2, 0.25) is 0 Å². The van der Waals surface area contributed by atoms with E-state index in [1.54, 1.807) is 0 Å². The summed E-state index contributed by atoms with van der Waals surface area (Å²) in [6, 6.07) is 9.99. The number of benzene rings is 2. The highest BCUT2D eigenvalue weighted by atomic mass is 32.2. The van der Waals surface area contributed by atoms with Crippen molar-refractivity contribution >= 4 is 33.7 Å². The van der Waals surface area contributed by atoms with Crippen molar-refractivity contribution in [2.24, 2.45) is 0 Å². The lowest BCUT2D eigenvalue weighted by Crippen LogP contribution is -2.40. The van der Waals surface area contributed by atoms with Gasteiger partial charge in [0, 0.05) is 24.9 Å². The molecule has 1 aliphatic rings. The minimum atomic E-state index is -4.51. The number of carbonyl (C=O) groups excluding carboxylic acids is 2. The highest BCUT2D eigenvalue weighted by Gasteiger charge is 2.30. The molecule has 182 valence electrons. The number of sulfonamides is 1. The average Bonchev–Trinajstić information content (AvgIpc) is 2.82. The van der Waals surface area contributed by atoms with E-state index in [0.717, 1.165) is 24.3 Å². The highest BCUT2D eigenvalue weighted by Crippen LogP contribution is 2.29. The van der Waals surface area contributed by atoms with Gasteiger partial charge in [-0.1, -0.05) is 18.2 Å². The van der Waals surface area contributed by atoms with Gasteiger partial charge in [-0.25, -0.2) is 13.2 Å². The van der Waals surface area contributed by atoms with Crippen molar-refractivity contribution < 1.29 is 40.7 Å². The summed E-state index contributed by atoms with van der Waals surface area (Å²) in [4.78, 5) is 23.9. The first-order chi connectivity index (χ1) is 16.1. The minimum Gasteiger partial charge on any atom is -0.452 e. The highest BCUT2D eigenvalue weighted by molar-refractivity contribution is 7.89. The van der Waals surface area contributed by atoms with Crippen molar-refractivity contribution in [1.82, 2.24) is 4.31 Å². The van der Waals surface area contributed by atoms with Crippen LogP contribution in [0.25, 0.3) is 6.08 Å². The van der Waals surface area contributed by atoms with Gasteiger partial charge in [0.25, 0.3) is 5.91 Å². The van der Waals surface area contributed by atoms with Crippen LogP contribution in [0, 0.1) is 0 Å². The van der Waals surface area contributed by atoms with E-state index in [4.69, 9.17) is 9.47 Å². The fourth-order valence-electron chi connectivity index (χ4n) is 3.04. The van der Waals surface area contributed by atoms with Crippen LogP contribution >= 0.6 is 0 Å². The van der Waals surface area contributed by atoms with Crippen molar-refractivity contribution in [3.63, 3.8) is 0 Å². The van der Waals surface area contributed by atoms with E-state index in [1.807, 2.05) is 0 Å². The Hall–Kier alpha value is -3.22. The smallest absolute Gasteiger partial charge is 0.416 e. The van der Waals surface area contributed by atoms with Gasteiger partial charge in [-0.3, -0.25) is 4.79 Å². The first-order valence-electron chi connectivity index (χ1n) is 10.1. The molecule has 0 radical (unpaired) electrons. The van der Waals surface area contributed by atoms with Gasteiger partial charge >= 0.3 is 12.1 Å². The van der Waals surface area contributed by atoms with E-state index >= 15 is 0 Å². The third-order valence-corrected chi connectivity index (χ3v) is 6.59. The van der Waals surface area contributed by atoms with Gasteiger partial charge in [0.05, 0.1) is 23.7 Å². The zero-order valence-corrected chi connectivity index (χ0v) is 18.6. The first kappa shape index (κ1) is 25.4. The number of nitrogens with zero attached hydrogens (tertiary/aromatic N) is 1. The molecule has 8 nitrogen and oxygen atoms in total. The second kappa shape index (κ2) is 10.8. The van der Waals surface area contributed by atoms with Crippen LogP contribution in [0.15, 0.2) is 59.5 Å². The fourth-order valence-corrected chi connectivity index (χ4v) is 4.49. The molecule has 0 aromatic heterocycles. The van der Waals surface area contributed by atoms with Crippen LogP contribution in [-0.2, 0) is 35.3 Å². The summed E-state index contributed by atoms with van der Waals surface area (Å²) in [7, 11) is -3.76. The Morgan fingerprint density at radius 1 is 1.09 bits per heavy atom. The topological polar surface area (TPSA) is 102 Å². The SMILES string of the molecule is O=C(COC(=O)/C=C/c1cccc(C(F)(F)F)c1)Nc1cccc(S(=O)(=O)N2CCOCC2)c1. The van der Waals surface area contributed by atoms with Gasteiger partial charge in [0.15, 0.2) is 6.61 Å². The predicted molar refractivity (Wildman–Crippen MR) is 116 cm³/mol. The quantitative estimate of drug-likeness (QED) is 0.465. The maximum atomic E-state index is 12.7. The summed E-state index contributed by atoms with van der Waals surface area (Å²) >= 11 is 0. The lowest BCUT2D eigenvalue weighted by atomic mass is 10.1. The molecule has 0 spiro atoms. The third kappa shape index (κ3) is 6.89. The molecule has 1 heterocycles. The number of amides is 1. The maximum Gasteiger partial charge on any atom is 0.416 e. The number of esters is 1. The van der Waals surface area contributed by atoms with Gasteiger partial charge in [0.1, 0.15) is 0 Å². The number of rotatable bonds is 7. The van der Waals surface area contributed by atoms with Crippen LogP contribution in [0.1, 0.15) is 11.1 Å². The van der Waals surface area contributed by atoms with Crippen molar-refractivity contribution in [3.8, 4) is 0 Å². The normalized spacial score (nSPS) is 15.3. The summed E-state index contributed by atoms with van der Waals surface area (Å²) in [5, 5.41) is 2.44. The summed E-state index contributed by atoms with van der Waals surface area (Å²) in [5.74, 6) is -1.65. The lowest BCUT2D eigenvalue weighted by Gasteiger charge is -2.26. The molecule has 3 rings (SSSR count). The number of nitrogens with one attached hydrogen (secondary N) is 1. The number of halogens is 3. The Kier molecular flexibility index (Phi) is 8.07. The number of carbonyl (C=O) groups is 2. The maximum absolute atomic E-state index is 12.7. The van der Waals surface area contributed by atoms with Crippen LogP contribution in [0.4, 0.5) is 18.9 Å². The van der Waals surface area contributed by atoms with Gasteiger partial charge < -0.3 is 14.8 Å². The van der Waals surface area contributed by atoms with Gasteiger partial charge in [-0.05, 0) is 42.0 Å². The molecule has 34 heavy (non-hydrogen) atoms. The molecule has 1 fully saturated rings. The molecule has 0 saturated carbocycles. The Morgan fingerprint density at radius 2 is 1.79 bits per heavy atom. The van der Waals surface area contributed by atoms with E-state index in [-0.39, 0.29) is 29.2 Å². The molecular weight excluding hydrogens is 477 g/mol. The van der Waals surface area contributed by atoms with E-state index in [0.29, 0.717) is 13.2 Å². The van der Waals surface area contributed by atoms with Gasteiger partial charge in [-0.2, -0.15) is 17.5 Å². The van der Waals surface area contributed by atoms with Crippen LogP contribution in [0.3, 0.4) is 0 Å². The molecule has 1 N–H and O–H groups in total. The van der Waals surface area contributed by atoms with Crippen molar-refractivity contribution in [2.75, 3.05) is 38.2 Å². The summed E-state index contributed by atoms with van der Waals surface area (Å²) in [6.07, 6.45) is -2.48. The van der Waals surface area contributed by atoms with Crippen molar-refractivity contribution in [1.29, 1.82) is 0 Å². The van der Waals surface area contributed by atoms with Crippen LogP contribution in [-0.4, -0.2) is 57.5 Å². The first-order valence-corrected chi connectivity index (χ1v) is 11.5. The lowest BCUT2D eigenvalue weighted by molar-refractivity contribution is -0.142. The Morgan fingerprint density at radius 3 is 2.50 bits per heavy atom. The molecule has 0 bridgehead atoms. The average molecular weight is 498 g/mol.